The number of hydrogen-bond donors (Lipinski definition) is 1. The number of carbonyl (C=O) groups excluding carboxylic acids is 1. The van der Waals surface area contributed by atoms with E-state index >= 15 is 0 Å². The lowest BCUT2D eigenvalue weighted by atomic mass is 10.3. The summed E-state index contributed by atoms with van der Waals surface area (Å²) in [6.45, 7) is 0.693. The summed E-state index contributed by atoms with van der Waals surface area (Å²) in [6, 6.07) is 4.32. The first-order valence-corrected chi connectivity index (χ1v) is 8.65. The van der Waals surface area contributed by atoms with E-state index in [9.17, 15) is 18.0 Å². The normalized spacial score (nSPS) is 11.5. The van der Waals surface area contributed by atoms with Gasteiger partial charge in [0.25, 0.3) is 0 Å². The van der Waals surface area contributed by atoms with Crippen LogP contribution in [-0.4, -0.2) is 41.9 Å². The highest BCUT2D eigenvalue weighted by atomic mass is 32.2. The molecule has 0 aliphatic carbocycles. The molecule has 10 heteroatoms. The molecular formula is C14H14F3N3O2S2. The molecule has 1 amide bonds. The summed E-state index contributed by atoms with van der Waals surface area (Å²) >= 11 is 2.14. The lowest BCUT2D eigenvalue weighted by molar-refractivity contribution is -0.141. The molecular weight excluding hydrogens is 363 g/mol. The zero-order chi connectivity index (χ0) is 17.6. The van der Waals surface area contributed by atoms with Gasteiger partial charge >= 0.3 is 6.18 Å². The molecule has 0 fully saturated rings. The maximum Gasteiger partial charge on any atom is 0.433 e. The molecule has 0 spiro atoms. The number of amides is 1. The van der Waals surface area contributed by atoms with Crippen molar-refractivity contribution in [2.24, 2.45) is 0 Å². The Morgan fingerprint density at radius 2 is 2.21 bits per heavy atom. The summed E-state index contributed by atoms with van der Waals surface area (Å²) in [4.78, 5) is 19.9. The molecule has 0 aromatic carbocycles. The topological polar surface area (TPSA) is 64.1 Å². The quantitative estimate of drug-likeness (QED) is 0.456. The molecule has 0 bridgehead atoms. The highest BCUT2D eigenvalue weighted by Gasteiger charge is 2.34. The van der Waals surface area contributed by atoms with Gasteiger partial charge in [0.1, 0.15) is 5.69 Å². The number of nitrogens with zero attached hydrogens (tertiary/aromatic N) is 2. The number of alkyl halides is 3. The third kappa shape index (κ3) is 5.46. The summed E-state index contributed by atoms with van der Waals surface area (Å²) in [5.74, 6) is -0.398. The van der Waals surface area contributed by atoms with Gasteiger partial charge < -0.3 is 10.1 Å². The average molecular weight is 377 g/mol. The lowest BCUT2D eigenvalue weighted by Crippen LogP contribution is -2.28. The van der Waals surface area contributed by atoms with E-state index in [1.165, 1.54) is 18.4 Å². The summed E-state index contributed by atoms with van der Waals surface area (Å²) in [5.41, 5.74) is -0.835. The van der Waals surface area contributed by atoms with Gasteiger partial charge in [-0.1, -0.05) is 17.8 Å². The summed E-state index contributed by atoms with van der Waals surface area (Å²) < 4.78 is 43.8. The Hall–Kier alpha value is -1.65. The standard InChI is InChI=1S/C14H14F3N3O2S2/c1-22-5-4-18-12(21)8-24-13-19-9(10-3-2-6-23-10)7-11(20-13)14(15,16)17/h2-3,6-7H,4-5,8H2,1H3,(H,18,21). The minimum atomic E-state index is -4.58. The van der Waals surface area contributed by atoms with E-state index in [1.807, 2.05) is 0 Å². The first-order valence-electron chi connectivity index (χ1n) is 6.78. The highest BCUT2D eigenvalue weighted by molar-refractivity contribution is 7.99. The SMILES string of the molecule is COCCNC(=O)CSc1nc(-c2cccs2)cc(C(F)(F)F)n1. The average Bonchev–Trinajstić information content (AvgIpc) is 3.06. The third-order valence-electron chi connectivity index (χ3n) is 2.73. The van der Waals surface area contributed by atoms with Crippen molar-refractivity contribution in [2.75, 3.05) is 26.0 Å². The van der Waals surface area contributed by atoms with Crippen molar-refractivity contribution in [3.63, 3.8) is 0 Å². The number of aromatic nitrogens is 2. The van der Waals surface area contributed by atoms with Crippen LogP contribution in [0, 0.1) is 0 Å². The van der Waals surface area contributed by atoms with Crippen LogP contribution in [0.4, 0.5) is 13.2 Å². The Kier molecular flexibility index (Phi) is 6.58. The first-order chi connectivity index (χ1) is 11.4. The van der Waals surface area contributed by atoms with Crippen LogP contribution in [0.15, 0.2) is 28.7 Å². The Labute approximate surface area is 144 Å². The Bertz CT molecular complexity index is 678. The van der Waals surface area contributed by atoms with E-state index in [0.717, 1.165) is 17.8 Å². The molecule has 5 nitrogen and oxygen atoms in total. The van der Waals surface area contributed by atoms with Crippen molar-refractivity contribution in [3.05, 3.63) is 29.3 Å². The van der Waals surface area contributed by atoms with Crippen molar-refractivity contribution >= 4 is 29.0 Å². The fourth-order valence-electron chi connectivity index (χ4n) is 1.66. The maximum absolute atomic E-state index is 13.0. The molecule has 2 aromatic rings. The molecule has 0 saturated carbocycles. The maximum atomic E-state index is 13.0. The number of halogens is 3. The van der Waals surface area contributed by atoms with E-state index < -0.39 is 11.9 Å². The lowest BCUT2D eigenvalue weighted by Gasteiger charge is -2.09. The number of rotatable bonds is 7. The molecule has 2 rings (SSSR count). The first kappa shape index (κ1) is 18.7. The molecule has 1 N–H and O–H groups in total. The van der Waals surface area contributed by atoms with Crippen LogP contribution < -0.4 is 5.32 Å². The van der Waals surface area contributed by atoms with Gasteiger partial charge in [-0.25, -0.2) is 9.97 Å². The number of hydrogen-bond acceptors (Lipinski definition) is 6. The van der Waals surface area contributed by atoms with Crippen molar-refractivity contribution in [2.45, 2.75) is 11.3 Å². The zero-order valence-corrected chi connectivity index (χ0v) is 14.2. The van der Waals surface area contributed by atoms with Gasteiger partial charge in [0, 0.05) is 13.7 Å². The smallest absolute Gasteiger partial charge is 0.383 e. The molecule has 0 aliphatic heterocycles. The third-order valence-corrected chi connectivity index (χ3v) is 4.47. The van der Waals surface area contributed by atoms with Gasteiger partial charge in [-0.2, -0.15) is 13.2 Å². The fourth-order valence-corrected chi connectivity index (χ4v) is 3.03. The van der Waals surface area contributed by atoms with Crippen LogP contribution in [-0.2, 0) is 15.7 Å². The van der Waals surface area contributed by atoms with Crippen LogP contribution in [0.5, 0.6) is 0 Å². The molecule has 0 radical (unpaired) electrons. The largest absolute Gasteiger partial charge is 0.433 e. The van der Waals surface area contributed by atoms with E-state index in [0.29, 0.717) is 18.0 Å². The second-order valence-corrected chi connectivity index (χ2v) is 6.42. The summed E-state index contributed by atoms with van der Waals surface area (Å²) in [5, 5.41) is 4.24. The predicted molar refractivity (Wildman–Crippen MR) is 86.0 cm³/mol. The second-order valence-electron chi connectivity index (χ2n) is 4.53. The van der Waals surface area contributed by atoms with Crippen LogP contribution in [0.3, 0.4) is 0 Å². The van der Waals surface area contributed by atoms with Gasteiger partial charge in [-0.05, 0) is 17.5 Å². The van der Waals surface area contributed by atoms with Crippen molar-refractivity contribution in [1.29, 1.82) is 0 Å². The van der Waals surface area contributed by atoms with E-state index in [2.05, 4.69) is 15.3 Å². The Morgan fingerprint density at radius 3 is 2.83 bits per heavy atom. The van der Waals surface area contributed by atoms with E-state index in [4.69, 9.17) is 4.74 Å². The van der Waals surface area contributed by atoms with Crippen LogP contribution in [0.1, 0.15) is 5.69 Å². The summed E-state index contributed by atoms with van der Waals surface area (Å²) in [7, 11) is 1.50. The van der Waals surface area contributed by atoms with Gasteiger partial charge in [0.15, 0.2) is 5.16 Å². The number of methoxy groups -OCH3 is 1. The number of thioether (sulfide) groups is 1. The number of nitrogens with one attached hydrogen (secondary N) is 1. The molecule has 0 aliphatic rings. The van der Waals surface area contributed by atoms with E-state index in [-0.39, 0.29) is 22.5 Å². The second kappa shape index (κ2) is 8.45. The highest BCUT2D eigenvalue weighted by Crippen LogP contribution is 2.33. The number of ether oxygens (including phenoxy) is 1. The Morgan fingerprint density at radius 1 is 1.42 bits per heavy atom. The van der Waals surface area contributed by atoms with Crippen LogP contribution >= 0.6 is 23.1 Å². The predicted octanol–water partition coefficient (Wildman–Crippen LogP) is 3.08. The summed E-state index contributed by atoms with van der Waals surface area (Å²) in [6.07, 6.45) is -4.58. The number of thiophene rings is 1. The molecule has 130 valence electrons. The van der Waals surface area contributed by atoms with E-state index in [1.54, 1.807) is 17.5 Å². The monoisotopic (exact) mass is 377 g/mol. The van der Waals surface area contributed by atoms with Crippen molar-refractivity contribution < 1.29 is 22.7 Å². The van der Waals surface area contributed by atoms with Crippen LogP contribution in [0.25, 0.3) is 10.6 Å². The van der Waals surface area contributed by atoms with Gasteiger partial charge in [-0.15, -0.1) is 11.3 Å². The molecule has 0 unspecified atom stereocenters. The molecule has 2 heterocycles. The fraction of sp³-hybridized carbons (Fsp3) is 0.357. The molecule has 0 atom stereocenters. The minimum Gasteiger partial charge on any atom is -0.383 e. The molecule has 0 saturated heterocycles. The van der Waals surface area contributed by atoms with Gasteiger partial charge in [0.05, 0.1) is 22.9 Å². The molecule has 2 aromatic heterocycles. The van der Waals surface area contributed by atoms with Gasteiger partial charge in [0.2, 0.25) is 5.91 Å². The van der Waals surface area contributed by atoms with Crippen LogP contribution in [0.2, 0.25) is 0 Å². The number of carbonyl (C=O) groups is 1. The van der Waals surface area contributed by atoms with Crippen molar-refractivity contribution in [3.8, 4) is 10.6 Å². The minimum absolute atomic E-state index is 0.0745. The van der Waals surface area contributed by atoms with Crippen molar-refractivity contribution in [1.82, 2.24) is 15.3 Å². The molecule has 24 heavy (non-hydrogen) atoms. The Balaban J connectivity index is 2.14. The zero-order valence-electron chi connectivity index (χ0n) is 12.6. The van der Waals surface area contributed by atoms with Gasteiger partial charge in [-0.3, -0.25) is 4.79 Å².